The number of methoxy groups -OCH3 is 1. The van der Waals surface area contributed by atoms with Gasteiger partial charge >= 0.3 is 0 Å². The lowest BCUT2D eigenvalue weighted by atomic mass is 9.96. The highest BCUT2D eigenvalue weighted by Crippen LogP contribution is 2.40. The van der Waals surface area contributed by atoms with Crippen LogP contribution < -0.4 is 14.2 Å². The lowest BCUT2D eigenvalue weighted by molar-refractivity contribution is 0.0955. The summed E-state index contributed by atoms with van der Waals surface area (Å²) in [4.78, 5) is 4.77. The summed E-state index contributed by atoms with van der Waals surface area (Å²) >= 11 is 0. The average molecular weight is 553 g/mol. The Balaban J connectivity index is 1.39. The molecule has 4 aromatic rings. The molecule has 7 heteroatoms. The maximum atomic E-state index is 6.85. The fourth-order valence-electron chi connectivity index (χ4n) is 6.61. The molecule has 0 saturated carbocycles. The molecule has 0 bridgehead atoms. The number of benzene rings is 3. The zero-order chi connectivity index (χ0) is 28.3. The molecular weight excluding hydrogens is 512 g/mol. The average Bonchev–Trinajstić information content (AvgIpc) is 3.63. The number of aromatic nitrogens is 2. The first-order valence-corrected chi connectivity index (χ1v) is 14.7. The summed E-state index contributed by atoms with van der Waals surface area (Å²) in [6.45, 7) is 4.25. The van der Waals surface area contributed by atoms with Crippen molar-refractivity contribution < 1.29 is 14.2 Å². The molecule has 6 rings (SSSR count). The normalized spacial score (nSPS) is 21.2. The molecule has 2 saturated heterocycles. The van der Waals surface area contributed by atoms with Gasteiger partial charge in [-0.15, -0.1) is 10.2 Å². The summed E-state index contributed by atoms with van der Waals surface area (Å²) in [7, 11) is 6.06. The van der Waals surface area contributed by atoms with Crippen molar-refractivity contribution >= 4 is 10.8 Å². The Bertz CT molecular complexity index is 1490. The predicted octanol–water partition coefficient (Wildman–Crippen LogP) is 6.38. The second-order valence-electron chi connectivity index (χ2n) is 11.4. The van der Waals surface area contributed by atoms with Crippen molar-refractivity contribution in [2.45, 2.75) is 56.9 Å². The molecule has 2 aliphatic heterocycles. The number of likely N-dealkylation sites (N-methyl/N-ethyl adjacent to an activating group) is 2. The molecule has 214 valence electrons. The number of ether oxygens (including phenoxy) is 3. The van der Waals surface area contributed by atoms with Gasteiger partial charge in [0.05, 0.1) is 30.0 Å². The van der Waals surface area contributed by atoms with E-state index in [0.717, 1.165) is 60.9 Å². The van der Waals surface area contributed by atoms with Gasteiger partial charge in [-0.2, -0.15) is 0 Å². The van der Waals surface area contributed by atoms with Crippen LogP contribution in [0.2, 0.25) is 0 Å². The van der Waals surface area contributed by atoms with Crippen LogP contribution in [0.15, 0.2) is 72.8 Å². The van der Waals surface area contributed by atoms with Crippen LogP contribution in [0, 0.1) is 6.92 Å². The highest BCUT2D eigenvalue weighted by atomic mass is 16.5. The van der Waals surface area contributed by atoms with E-state index in [-0.39, 0.29) is 24.3 Å². The Kier molecular flexibility index (Phi) is 8.08. The number of likely N-dealkylation sites (tertiary alicyclic amines) is 2. The molecule has 4 atom stereocenters. The van der Waals surface area contributed by atoms with E-state index < -0.39 is 0 Å². The first-order chi connectivity index (χ1) is 20.0. The summed E-state index contributed by atoms with van der Waals surface area (Å²) in [5, 5.41) is 11.1. The molecule has 2 fully saturated rings. The number of hydrogen-bond acceptors (Lipinski definition) is 7. The summed E-state index contributed by atoms with van der Waals surface area (Å²) in [6.07, 6.45) is 4.00. The quantitative estimate of drug-likeness (QED) is 0.239. The van der Waals surface area contributed by atoms with Gasteiger partial charge in [-0.25, -0.2) is 0 Å². The van der Waals surface area contributed by atoms with Gasteiger partial charge in [0.2, 0.25) is 11.8 Å². The highest BCUT2D eigenvalue weighted by Gasteiger charge is 2.36. The van der Waals surface area contributed by atoms with Crippen molar-refractivity contribution in [2.75, 3.05) is 34.3 Å². The smallest absolute Gasteiger partial charge is 0.242 e. The van der Waals surface area contributed by atoms with Gasteiger partial charge in [0, 0.05) is 5.56 Å². The molecule has 0 radical (unpaired) electrons. The maximum absolute atomic E-state index is 6.85. The lowest BCUT2D eigenvalue weighted by Crippen LogP contribution is -2.35. The molecule has 3 aromatic carbocycles. The molecule has 41 heavy (non-hydrogen) atoms. The standard InChI is InChI=1S/C34H40N4O3/c1-23-13-5-6-14-24(23)31(28-18-11-21-37(28)2)40-33-25-15-7-8-16-26(25)34(36-35-33)41-32(29-19-12-22-38(29)3)27-17-9-10-20-30(27)39-4/h5-10,13-17,20,28-29,31-32H,11-12,18-19,21-22H2,1-4H3/t28-,29-,31+,32+/m0/s1. The molecule has 0 aliphatic carbocycles. The molecule has 0 unspecified atom stereocenters. The van der Waals surface area contributed by atoms with Gasteiger partial charge in [-0.1, -0.05) is 54.6 Å². The zero-order valence-electron chi connectivity index (χ0n) is 24.5. The summed E-state index contributed by atoms with van der Waals surface area (Å²) in [6, 6.07) is 25.2. The van der Waals surface area contributed by atoms with E-state index in [9.17, 15) is 0 Å². The Labute approximate surface area is 243 Å². The SMILES string of the molecule is COc1ccccc1[C@@H](Oc1nnc(O[C@H](c2ccccc2C)[C@@H]2CCCN2C)c2ccccc12)[C@@H]1CCCN1C. The van der Waals surface area contributed by atoms with Gasteiger partial charge < -0.3 is 14.2 Å². The van der Waals surface area contributed by atoms with Crippen molar-refractivity contribution in [1.82, 2.24) is 20.0 Å². The minimum Gasteiger partial charge on any atom is -0.496 e. The molecule has 7 nitrogen and oxygen atoms in total. The molecular formula is C34H40N4O3. The third-order valence-electron chi connectivity index (χ3n) is 8.89. The fraction of sp³-hybridized carbons (Fsp3) is 0.412. The minimum atomic E-state index is -0.255. The van der Waals surface area contributed by atoms with E-state index in [4.69, 9.17) is 14.2 Å². The molecule has 0 amide bonds. The van der Waals surface area contributed by atoms with Crippen molar-refractivity contribution in [3.05, 3.63) is 89.5 Å². The molecule has 3 heterocycles. The topological polar surface area (TPSA) is 60.0 Å². The van der Waals surface area contributed by atoms with E-state index in [0.29, 0.717) is 11.8 Å². The number of rotatable bonds is 9. The van der Waals surface area contributed by atoms with E-state index in [1.807, 2.05) is 36.4 Å². The van der Waals surface area contributed by atoms with Crippen LogP contribution in [0.3, 0.4) is 0 Å². The Morgan fingerprint density at radius 3 is 1.68 bits per heavy atom. The summed E-state index contributed by atoms with van der Waals surface area (Å²) in [5.41, 5.74) is 3.43. The summed E-state index contributed by atoms with van der Waals surface area (Å²) < 4.78 is 19.4. The van der Waals surface area contributed by atoms with Gasteiger partial charge in [-0.05, 0) is 89.1 Å². The first-order valence-electron chi connectivity index (χ1n) is 14.7. The Hall–Kier alpha value is -3.68. The van der Waals surface area contributed by atoms with E-state index in [1.54, 1.807) is 7.11 Å². The van der Waals surface area contributed by atoms with E-state index >= 15 is 0 Å². The maximum Gasteiger partial charge on any atom is 0.242 e. The van der Waals surface area contributed by atoms with Crippen LogP contribution in [0.25, 0.3) is 10.8 Å². The van der Waals surface area contributed by atoms with Gasteiger partial charge in [-0.3, -0.25) is 9.80 Å². The number of nitrogens with zero attached hydrogens (tertiary/aromatic N) is 4. The van der Waals surface area contributed by atoms with E-state index in [1.165, 1.54) is 11.1 Å². The molecule has 1 aromatic heterocycles. The highest BCUT2D eigenvalue weighted by molar-refractivity contribution is 5.90. The van der Waals surface area contributed by atoms with Crippen LogP contribution in [-0.2, 0) is 0 Å². The second kappa shape index (κ2) is 12.0. The van der Waals surface area contributed by atoms with Crippen molar-refractivity contribution in [1.29, 1.82) is 0 Å². The van der Waals surface area contributed by atoms with E-state index in [2.05, 4.69) is 77.4 Å². The number of fused-ring (bicyclic) bond motifs is 1. The number of aryl methyl sites for hydroxylation is 1. The van der Waals surface area contributed by atoms with Gasteiger partial charge in [0.25, 0.3) is 0 Å². The lowest BCUT2D eigenvalue weighted by Gasteiger charge is -2.31. The van der Waals surface area contributed by atoms with Gasteiger partial charge in [0.1, 0.15) is 18.0 Å². The zero-order valence-corrected chi connectivity index (χ0v) is 24.5. The molecule has 0 spiro atoms. The molecule has 0 N–H and O–H groups in total. The third-order valence-corrected chi connectivity index (χ3v) is 8.89. The van der Waals surface area contributed by atoms with Crippen LogP contribution in [0.5, 0.6) is 17.5 Å². The van der Waals surface area contributed by atoms with Crippen LogP contribution in [-0.4, -0.2) is 66.4 Å². The van der Waals surface area contributed by atoms with Gasteiger partial charge in [0.15, 0.2) is 0 Å². The minimum absolute atomic E-state index is 0.151. The second-order valence-corrected chi connectivity index (χ2v) is 11.4. The third kappa shape index (κ3) is 5.48. The number of para-hydroxylation sites is 1. The monoisotopic (exact) mass is 552 g/mol. The fourth-order valence-corrected chi connectivity index (χ4v) is 6.61. The van der Waals surface area contributed by atoms with Crippen LogP contribution in [0.4, 0.5) is 0 Å². The Morgan fingerprint density at radius 1 is 0.683 bits per heavy atom. The first kappa shape index (κ1) is 27.5. The van der Waals surface area contributed by atoms with Crippen molar-refractivity contribution in [3.63, 3.8) is 0 Å². The predicted molar refractivity (Wildman–Crippen MR) is 162 cm³/mol. The van der Waals surface area contributed by atoms with Crippen LogP contribution >= 0.6 is 0 Å². The van der Waals surface area contributed by atoms with Crippen molar-refractivity contribution in [3.8, 4) is 17.5 Å². The largest absolute Gasteiger partial charge is 0.496 e. The van der Waals surface area contributed by atoms with Crippen molar-refractivity contribution in [2.24, 2.45) is 0 Å². The Morgan fingerprint density at radius 2 is 1.17 bits per heavy atom. The number of hydrogen-bond donors (Lipinski definition) is 0. The molecule has 2 aliphatic rings. The summed E-state index contributed by atoms with van der Waals surface area (Å²) in [5.74, 6) is 1.86. The van der Waals surface area contributed by atoms with Crippen LogP contribution in [0.1, 0.15) is 54.6 Å².